The molecule has 0 saturated carbocycles. The van der Waals surface area contributed by atoms with Crippen LogP contribution in [0.25, 0.3) is 0 Å². The predicted molar refractivity (Wildman–Crippen MR) is 147 cm³/mol. The Kier molecular flexibility index (Phi) is 8.27. The number of nitrogens with two attached hydrogens (primary N) is 1. The third-order valence-corrected chi connectivity index (χ3v) is 6.81. The molecule has 0 spiro atoms. The molecule has 11 heteroatoms. The van der Waals surface area contributed by atoms with E-state index in [0.717, 1.165) is 27.5 Å². The Balaban J connectivity index is 1.55. The maximum absolute atomic E-state index is 13.2. The average Bonchev–Trinajstić information content (AvgIpc) is 3.30. The molecule has 2 aromatic carbocycles. The van der Waals surface area contributed by atoms with Crippen LogP contribution in [0.1, 0.15) is 27.3 Å². The third-order valence-electron chi connectivity index (χ3n) is 5.84. The van der Waals surface area contributed by atoms with Crippen LogP contribution in [0.2, 0.25) is 0 Å². The van der Waals surface area contributed by atoms with Crippen molar-refractivity contribution in [2.75, 3.05) is 11.5 Å². The zero-order valence-electron chi connectivity index (χ0n) is 21.2. The molecule has 0 fully saturated rings. The number of ketones is 1. The van der Waals surface area contributed by atoms with Crippen LogP contribution in [-0.2, 0) is 26.7 Å². The minimum Gasteiger partial charge on any atom is -0.486 e. The van der Waals surface area contributed by atoms with Crippen LogP contribution in [0.4, 0.5) is 5.82 Å². The molecule has 4 aromatic rings. The van der Waals surface area contributed by atoms with Gasteiger partial charge >= 0.3 is 5.69 Å². The van der Waals surface area contributed by atoms with Crippen molar-refractivity contribution >= 4 is 23.4 Å². The topological polar surface area (TPSA) is 127 Å². The monoisotopic (exact) mass is 532 g/mol. The van der Waals surface area contributed by atoms with Crippen molar-refractivity contribution in [2.45, 2.75) is 31.8 Å². The Hall–Kier alpha value is -4.38. The molecule has 2 aromatic heterocycles. The summed E-state index contributed by atoms with van der Waals surface area (Å²) in [6.07, 6.45) is 1.69. The zero-order chi connectivity index (χ0) is 27.2. The summed E-state index contributed by atoms with van der Waals surface area (Å²) < 4.78 is 9.78. The van der Waals surface area contributed by atoms with Crippen molar-refractivity contribution in [1.29, 1.82) is 0 Å². The standard InChI is InChI=1S/C27H28N6O4S/c1-4-13-32-22(16-37-20-12-8-9-18(2)14-20)29-30-26(32)38-17-21(34)23-24(28)33(27(36)31(3)25(23)35)15-19-10-6-5-7-11-19/h4-12,14H,1,13,15-17,28H2,2-3H3. The Morgan fingerprint density at radius 2 is 1.87 bits per heavy atom. The number of hydrogen-bond acceptors (Lipinski definition) is 8. The molecule has 38 heavy (non-hydrogen) atoms. The highest BCUT2D eigenvalue weighted by molar-refractivity contribution is 7.99. The number of nitrogens with zero attached hydrogens (tertiary/aromatic N) is 5. The van der Waals surface area contributed by atoms with Crippen molar-refractivity contribution in [3.8, 4) is 5.75 Å². The lowest BCUT2D eigenvalue weighted by molar-refractivity contribution is 0.102. The minimum absolute atomic E-state index is 0.128. The first-order valence-electron chi connectivity index (χ1n) is 11.8. The Bertz CT molecular complexity index is 1590. The SMILES string of the molecule is C=CCn1c(COc2cccc(C)c2)nnc1SCC(=O)c1c(N)n(Cc2ccccc2)c(=O)n(C)c1=O. The number of benzene rings is 2. The number of Topliss-reactive ketones (excluding diaryl/α,β-unsaturated/α-hetero) is 1. The van der Waals surface area contributed by atoms with E-state index in [4.69, 9.17) is 10.5 Å². The van der Waals surface area contributed by atoms with Crippen LogP contribution in [0.15, 0.2) is 82.0 Å². The number of anilines is 1. The van der Waals surface area contributed by atoms with E-state index in [1.165, 1.54) is 11.6 Å². The van der Waals surface area contributed by atoms with E-state index in [2.05, 4.69) is 16.8 Å². The van der Waals surface area contributed by atoms with Gasteiger partial charge in [0.25, 0.3) is 5.56 Å². The number of rotatable bonds is 11. The van der Waals surface area contributed by atoms with Crippen molar-refractivity contribution in [1.82, 2.24) is 23.9 Å². The fourth-order valence-corrected chi connectivity index (χ4v) is 4.70. The van der Waals surface area contributed by atoms with E-state index >= 15 is 0 Å². The predicted octanol–water partition coefficient (Wildman–Crippen LogP) is 2.82. The van der Waals surface area contributed by atoms with Crippen molar-refractivity contribution in [3.63, 3.8) is 0 Å². The van der Waals surface area contributed by atoms with Gasteiger partial charge in [0.1, 0.15) is 23.7 Å². The Morgan fingerprint density at radius 1 is 1.11 bits per heavy atom. The average molecular weight is 533 g/mol. The maximum atomic E-state index is 13.2. The lowest BCUT2D eigenvalue weighted by Crippen LogP contribution is -2.43. The number of aryl methyl sites for hydroxylation is 1. The van der Waals surface area contributed by atoms with Gasteiger partial charge in [0.05, 0.1) is 12.3 Å². The lowest BCUT2D eigenvalue weighted by atomic mass is 10.2. The second-order valence-corrected chi connectivity index (χ2v) is 9.54. The summed E-state index contributed by atoms with van der Waals surface area (Å²) in [5.74, 6) is 0.470. The molecule has 0 radical (unpaired) electrons. The number of aromatic nitrogens is 5. The van der Waals surface area contributed by atoms with Gasteiger partial charge in [-0.2, -0.15) is 0 Å². The number of ether oxygens (including phenoxy) is 1. The molecule has 0 aliphatic heterocycles. The first-order chi connectivity index (χ1) is 18.3. The molecule has 0 bridgehead atoms. The van der Waals surface area contributed by atoms with E-state index in [9.17, 15) is 14.4 Å². The Morgan fingerprint density at radius 3 is 2.58 bits per heavy atom. The molecular formula is C27H28N6O4S. The number of hydrogen-bond donors (Lipinski definition) is 1. The quantitative estimate of drug-likeness (QED) is 0.178. The fourth-order valence-electron chi connectivity index (χ4n) is 3.86. The lowest BCUT2D eigenvalue weighted by Gasteiger charge is -2.14. The van der Waals surface area contributed by atoms with Gasteiger partial charge < -0.3 is 10.5 Å². The molecule has 2 heterocycles. The zero-order valence-corrected chi connectivity index (χ0v) is 22.0. The number of thioether (sulfide) groups is 1. The fraction of sp³-hybridized carbons (Fsp3) is 0.222. The molecule has 10 nitrogen and oxygen atoms in total. The van der Waals surface area contributed by atoms with E-state index < -0.39 is 17.0 Å². The summed E-state index contributed by atoms with van der Waals surface area (Å²) in [6.45, 7) is 6.48. The molecule has 196 valence electrons. The molecule has 2 N–H and O–H groups in total. The molecule has 4 rings (SSSR count). The number of carbonyl (C=O) groups excluding carboxylic acids is 1. The highest BCUT2D eigenvalue weighted by Crippen LogP contribution is 2.21. The molecule has 0 aliphatic carbocycles. The summed E-state index contributed by atoms with van der Waals surface area (Å²) in [5, 5.41) is 8.89. The van der Waals surface area contributed by atoms with Gasteiger partial charge in [-0.3, -0.25) is 23.3 Å². The van der Waals surface area contributed by atoms with Gasteiger partial charge in [-0.1, -0.05) is 60.3 Å². The van der Waals surface area contributed by atoms with Crippen LogP contribution in [0.5, 0.6) is 5.75 Å². The van der Waals surface area contributed by atoms with Crippen LogP contribution < -0.4 is 21.7 Å². The van der Waals surface area contributed by atoms with Crippen molar-refractivity contribution in [3.05, 3.63) is 111 Å². The van der Waals surface area contributed by atoms with Crippen molar-refractivity contribution in [2.24, 2.45) is 7.05 Å². The summed E-state index contributed by atoms with van der Waals surface area (Å²) in [5.41, 5.74) is 6.54. The van der Waals surface area contributed by atoms with Gasteiger partial charge in [-0.05, 0) is 30.2 Å². The molecule has 0 aliphatic rings. The summed E-state index contributed by atoms with van der Waals surface area (Å²) in [7, 11) is 1.33. The normalized spacial score (nSPS) is 10.9. The number of allylic oxidation sites excluding steroid dienone is 1. The van der Waals surface area contributed by atoms with Crippen LogP contribution in [0, 0.1) is 6.92 Å². The molecular weight excluding hydrogens is 504 g/mol. The van der Waals surface area contributed by atoms with Gasteiger partial charge in [0, 0.05) is 13.6 Å². The van der Waals surface area contributed by atoms with Crippen LogP contribution >= 0.6 is 11.8 Å². The van der Waals surface area contributed by atoms with E-state index in [-0.39, 0.29) is 30.3 Å². The van der Waals surface area contributed by atoms with E-state index in [1.54, 1.807) is 10.6 Å². The minimum atomic E-state index is -0.734. The number of nitrogen functional groups attached to an aromatic ring is 1. The first kappa shape index (κ1) is 26.7. The largest absolute Gasteiger partial charge is 0.486 e. The van der Waals surface area contributed by atoms with Crippen LogP contribution in [-0.4, -0.2) is 35.4 Å². The van der Waals surface area contributed by atoms with E-state index in [1.807, 2.05) is 61.5 Å². The summed E-state index contributed by atoms with van der Waals surface area (Å²) >= 11 is 1.12. The first-order valence-corrected chi connectivity index (χ1v) is 12.8. The number of carbonyl (C=O) groups is 1. The smallest absolute Gasteiger partial charge is 0.332 e. The summed E-state index contributed by atoms with van der Waals surface area (Å²) in [6, 6.07) is 16.9. The van der Waals surface area contributed by atoms with Crippen LogP contribution in [0.3, 0.4) is 0 Å². The highest BCUT2D eigenvalue weighted by Gasteiger charge is 2.23. The Labute approximate surface area is 223 Å². The van der Waals surface area contributed by atoms with Gasteiger partial charge in [0.2, 0.25) is 0 Å². The molecule has 0 saturated heterocycles. The van der Waals surface area contributed by atoms with Gasteiger partial charge in [0.15, 0.2) is 16.8 Å². The molecule has 0 atom stereocenters. The maximum Gasteiger partial charge on any atom is 0.332 e. The molecule has 0 amide bonds. The summed E-state index contributed by atoms with van der Waals surface area (Å²) in [4.78, 5) is 38.8. The van der Waals surface area contributed by atoms with Crippen molar-refractivity contribution < 1.29 is 9.53 Å². The van der Waals surface area contributed by atoms with Gasteiger partial charge in [-0.15, -0.1) is 16.8 Å². The van der Waals surface area contributed by atoms with Gasteiger partial charge in [-0.25, -0.2) is 4.79 Å². The third kappa shape index (κ3) is 5.78. The second-order valence-electron chi connectivity index (χ2n) is 8.59. The second kappa shape index (κ2) is 11.8. The highest BCUT2D eigenvalue weighted by atomic mass is 32.2. The van der Waals surface area contributed by atoms with E-state index in [0.29, 0.717) is 23.3 Å². The molecule has 0 unspecified atom stereocenters.